The Labute approximate surface area is 163 Å². The third kappa shape index (κ3) is 3.41. The lowest BCUT2D eigenvalue weighted by molar-refractivity contribution is -0.127. The highest BCUT2D eigenvalue weighted by Crippen LogP contribution is 2.34. The fraction of sp³-hybridized carbons (Fsp3) is 0.227. The number of carbonyl (C=O) groups is 2. The molecule has 6 nitrogen and oxygen atoms in total. The molecule has 0 bridgehead atoms. The van der Waals surface area contributed by atoms with Crippen molar-refractivity contribution in [2.45, 2.75) is 19.4 Å². The molecule has 1 atom stereocenters. The number of aromatic nitrogens is 1. The molecule has 0 radical (unpaired) electrons. The second-order valence-corrected chi connectivity index (χ2v) is 6.67. The van der Waals surface area contributed by atoms with Gasteiger partial charge >= 0.3 is 0 Å². The molecule has 1 N–H and O–H groups in total. The summed E-state index contributed by atoms with van der Waals surface area (Å²) in [6.07, 6.45) is 0.0736. The largest absolute Gasteiger partial charge is 0.477 e. The third-order valence-corrected chi connectivity index (χ3v) is 4.68. The maximum Gasteiger partial charge on any atom is 0.277 e. The number of benzene rings is 2. The third-order valence-electron chi connectivity index (χ3n) is 4.68. The average Bonchev–Trinajstić information content (AvgIpc) is 2.75. The van der Waals surface area contributed by atoms with E-state index in [1.165, 1.54) is 0 Å². The van der Waals surface area contributed by atoms with Gasteiger partial charge in [-0.2, -0.15) is 0 Å². The molecular weight excluding hydrogens is 354 g/mol. The first kappa shape index (κ1) is 18.0. The second kappa shape index (κ2) is 7.68. The fourth-order valence-corrected chi connectivity index (χ4v) is 3.25. The zero-order valence-corrected chi connectivity index (χ0v) is 15.6. The fourth-order valence-electron chi connectivity index (χ4n) is 3.25. The Morgan fingerprint density at radius 3 is 2.75 bits per heavy atom. The van der Waals surface area contributed by atoms with Gasteiger partial charge in [-0.3, -0.25) is 14.5 Å². The number of ether oxygens (including phenoxy) is 1. The zero-order chi connectivity index (χ0) is 19.5. The molecule has 1 aliphatic rings. The number of hydrogen-bond donors (Lipinski definition) is 1. The lowest BCUT2D eigenvalue weighted by Gasteiger charge is -2.34. The van der Waals surface area contributed by atoms with Crippen molar-refractivity contribution in [3.63, 3.8) is 0 Å². The van der Waals surface area contributed by atoms with Crippen molar-refractivity contribution in [2.75, 3.05) is 18.0 Å². The number of rotatable bonds is 4. The molecule has 3 aromatic rings. The lowest BCUT2D eigenvalue weighted by Crippen LogP contribution is -2.51. The molecule has 1 aromatic heterocycles. The van der Waals surface area contributed by atoms with Crippen molar-refractivity contribution in [2.24, 2.45) is 0 Å². The lowest BCUT2D eigenvalue weighted by atomic mass is 10.1. The van der Waals surface area contributed by atoms with E-state index in [1.54, 1.807) is 17.0 Å². The summed E-state index contributed by atoms with van der Waals surface area (Å²) in [7, 11) is 0. The number of amides is 2. The summed E-state index contributed by atoms with van der Waals surface area (Å²) in [4.78, 5) is 31.8. The van der Waals surface area contributed by atoms with Gasteiger partial charge in [-0.25, -0.2) is 4.98 Å². The van der Waals surface area contributed by atoms with E-state index >= 15 is 0 Å². The van der Waals surface area contributed by atoms with Gasteiger partial charge in [-0.05, 0) is 30.7 Å². The minimum Gasteiger partial charge on any atom is -0.477 e. The SMILES string of the molecule is CCCNC(=O)[C@H]1CN(C(=O)c2ccc3ccccc3n2)c2ccccc2O1. The van der Waals surface area contributed by atoms with E-state index in [0.717, 1.165) is 17.3 Å². The van der Waals surface area contributed by atoms with Crippen LogP contribution in [0, 0.1) is 0 Å². The van der Waals surface area contributed by atoms with Crippen LogP contribution in [0.3, 0.4) is 0 Å². The van der Waals surface area contributed by atoms with Gasteiger partial charge in [0.05, 0.1) is 17.7 Å². The van der Waals surface area contributed by atoms with E-state index in [0.29, 0.717) is 23.7 Å². The number of carbonyl (C=O) groups excluding carboxylic acids is 2. The summed E-state index contributed by atoms with van der Waals surface area (Å²) in [5.41, 5.74) is 1.73. The van der Waals surface area contributed by atoms with Gasteiger partial charge in [0.15, 0.2) is 6.10 Å². The van der Waals surface area contributed by atoms with Gasteiger partial charge in [-0.1, -0.05) is 43.3 Å². The molecule has 4 rings (SSSR count). The number of nitrogens with one attached hydrogen (secondary N) is 1. The summed E-state index contributed by atoms with van der Waals surface area (Å²) < 4.78 is 5.85. The minimum atomic E-state index is -0.758. The Morgan fingerprint density at radius 2 is 1.89 bits per heavy atom. The molecule has 2 amide bonds. The number of para-hydroxylation sites is 3. The Bertz CT molecular complexity index is 1030. The monoisotopic (exact) mass is 375 g/mol. The highest BCUT2D eigenvalue weighted by atomic mass is 16.5. The van der Waals surface area contributed by atoms with E-state index in [-0.39, 0.29) is 18.4 Å². The van der Waals surface area contributed by atoms with Gasteiger partial charge in [0.2, 0.25) is 0 Å². The number of fused-ring (bicyclic) bond motifs is 2. The molecule has 0 saturated carbocycles. The number of pyridine rings is 1. The molecule has 2 aromatic carbocycles. The van der Waals surface area contributed by atoms with Crippen LogP contribution in [-0.4, -0.2) is 36.0 Å². The molecule has 6 heteroatoms. The topological polar surface area (TPSA) is 71.5 Å². The van der Waals surface area contributed by atoms with Crippen LogP contribution in [0.2, 0.25) is 0 Å². The van der Waals surface area contributed by atoms with Crippen LogP contribution in [0.5, 0.6) is 5.75 Å². The maximum atomic E-state index is 13.3. The van der Waals surface area contributed by atoms with Crippen molar-refractivity contribution < 1.29 is 14.3 Å². The van der Waals surface area contributed by atoms with Gasteiger partial charge < -0.3 is 10.1 Å². The van der Waals surface area contributed by atoms with Crippen molar-refractivity contribution in [1.82, 2.24) is 10.3 Å². The Balaban J connectivity index is 1.67. The van der Waals surface area contributed by atoms with E-state index in [4.69, 9.17) is 4.74 Å². The first-order valence-corrected chi connectivity index (χ1v) is 9.38. The van der Waals surface area contributed by atoms with Crippen molar-refractivity contribution >= 4 is 28.4 Å². The maximum absolute atomic E-state index is 13.3. The van der Waals surface area contributed by atoms with Gasteiger partial charge in [0.25, 0.3) is 11.8 Å². The summed E-state index contributed by atoms with van der Waals surface area (Å²) in [6.45, 7) is 2.69. The Kier molecular flexibility index (Phi) is 4.93. The molecule has 0 saturated heterocycles. The van der Waals surface area contributed by atoms with Crippen LogP contribution in [-0.2, 0) is 4.79 Å². The predicted molar refractivity (Wildman–Crippen MR) is 108 cm³/mol. The van der Waals surface area contributed by atoms with E-state index in [2.05, 4.69) is 10.3 Å². The normalized spacial score (nSPS) is 15.6. The van der Waals surface area contributed by atoms with E-state index in [9.17, 15) is 9.59 Å². The van der Waals surface area contributed by atoms with E-state index < -0.39 is 6.10 Å². The molecule has 0 aliphatic carbocycles. The minimum absolute atomic E-state index is 0.139. The molecule has 0 spiro atoms. The summed E-state index contributed by atoms with van der Waals surface area (Å²) in [5, 5.41) is 3.81. The van der Waals surface area contributed by atoms with Crippen molar-refractivity contribution in [3.8, 4) is 5.75 Å². The van der Waals surface area contributed by atoms with Crippen LogP contribution in [0.1, 0.15) is 23.8 Å². The highest BCUT2D eigenvalue weighted by molar-refractivity contribution is 6.07. The smallest absolute Gasteiger partial charge is 0.277 e. The number of hydrogen-bond acceptors (Lipinski definition) is 4. The molecule has 0 unspecified atom stereocenters. The van der Waals surface area contributed by atoms with Crippen molar-refractivity contribution in [1.29, 1.82) is 0 Å². The molecule has 1 aliphatic heterocycles. The van der Waals surface area contributed by atoms with Gasteiger partial charge in [0.1, 0.15) is 11.4 Å². The predicted octanol–water partition coefficient (Wildman–Crippen LogP) is 3.17. The first-order valence-electron chi connectivity index (χ1n) is 9.38. The van der Waals surface area contributed by atoms with Crippen LogP contribution in [0.4, 0.5) is 5.69 Å². The zero-order valence-electron chi connectivity index (χ0n) is 15.6. The van der Waals surface area contributed by atoms with Crippen LogP contribution < -0.4 is 15.0 Å². The standard InChI is InChI=1S/C22H21N3O3/c1-2-13-23-21(26)20-14-25(18-9-5-6-10-19(18)28-20)22(27)17-12-11-15-7-3-4-8-16(15)24-17/h3-12,20H,2,13-14H2,1H3,(H,23,26)/t20-/m1/s1. The first-order chi connectivity index (χ1) is 13.7. The molecular formula is C22H21N3O3. The molecule has 142 valence electrons. The van der Waals surface area contributed by atoms with Crippen LogP contribution in [0.15, 0.2) is 60.7 Å². The molecule has 28 heavy (non-hydrogen) atoms. The second-order valence-electron chi connectivity index (χ2n) is 6.67. The van der Waals surface area contributed by atoms with Crippen molar-refractivity contribution in [3.05, 3.63) is 66.4 Å². The number of anilines is 1. The summed E-state index contributed by atoms with van der Waals surface area (Å²) >= 11 is 0. The van der Waals surface area contributed by atoms with Crippen LogP contribution >= 0.6 is 0 Å². The Morgan fingerprint density at radius 1 is 1.11 bits per heavy atom. The summed E-state index contributed by atoms with van der Waals surface area (Å²) in [6, 6.07) is 18.5. The molecule has 2 heterocycles. The van der Waals surface area contributed by atoms with Crippen LogP contribution in [0.25, 0.3) is 10.9 Å². The van der Waals surface area contributed by atoms with Gasteiger partial charge in [0, 0.05) is 11.9 Å². The number of nitrogens with zero attached hydrogens (tertiary/aromatic N) is 2. The van der Waals surface area contributed by atoms with Gasteiger partial charge in [-0.15, -0.1) is 0 Å². The quantitative estimate of drug-likeness (QED) is 0.760. The molecule has 0 fully saturated rings. The van der Waals surface area contributed by atoms with E-state index in [1.807, 2.05) is 55.5 Å². The summed E-state index contributed by atoms with van der Waals surface area (Å²) in [5.74, 6) is 0.0370. The average molecular weight is 375 g/mol. The Hall–Kier alpha value is -3.41. The highest BCUT2D eigenvalue weighted by Gasteiger charge is 2.34.